The van der Waals surface area contributed by atoms with Crippen molar-refractivity contribution in [2.45, 2.75) is 26.2 Å². The Labute approximate surface area is 129 Å². The van der Waals surface area contributed by atoms with E-state index in [2.05, 4.69) is 9.88 Å². The number of hydrogen-bond donors (Lipinski definition) is 0. The van der Waals surface area contributed by atoms with Crippen molar-refractivity contribution in [3.8, 4) is 0 Å². The maximum absolute atomic E-state index is 12.5. The molecule has 2 saturated heterocycles. The first-order chi connectivity index (χ1) is 10.2. The predicted octanol–water partition coefficient (Wildman–Crippen LogP) is 1.56. The molecule has 5 nitrogen and oxygen atoms in total. The van der Waals surface area contributed by atoms with Crippen molar-refractivity contribution in [2.75, 3.05) is 45.9 Å². The van der Waals surface area contributed by atoms with Gasteiger partial charge in [0.1, 0.15) is 4.88 Å². The summed E-state index contributed by atoms with van der Waals surface area (Å²) in [6, 6.07) is 0. The summed E-state index contributed by atoms with van der Waals surface area (Å²) in [7, 11) is 0. The van der Waals surface area contributed by atoms with Gasteiger partial charge in [-0.1, -0.05) is 0 Å². The molecular formula is C15H23N3O2S. The van der Waals surface area contributed by atoms with Gasteiger partial charge in [0, 0.05) is 26.1 Å². The fraction of sp³-hybridized carbons (Fsp3) is 0.733. The maximum atomic E-state index is 12.5. The topological polar surface area (TPSA) is 45.7 Å². The number of amides is 1. The van der Waals surface area contributed by atoms with Gasteiger partial charge in [-0.05, 0) is 32.9 Å². The molecule has 0 radical (unpaired) electrons. The maximum Gasteiger partial charge on any atom is 0.266 e. The molecule has 2 aliphatic heterocycles. The summed E-state index contributed by atoms with van der Waals surface area (Å²) in [5.74, 6) is 0.126. The van der Waals surface area contributed by atoms with Gasteiger partial charge in [-0.3, -0.25) is 4.79 Å². The number of thiazole rings is 1. The van der Waals surface area contributed by atoms with Crippen LogP contribution in [0, 0.1) is 6.92 Å². The molecule has 0 N–H and O–H groups in total. The van der Waals surface area contributed by atoms with Crippen LogP contribution in [-0.2, 0) is 11.2 Å². The third-order valence-corrected chi connectivity index (χ3v) is 5.38. The highest BCUT2D eigenvalue weighted by Gasteiger charge is 2.23. The second kappa shape index (κ2) is 6.85. The fourth-order valence-electron chi connectivity index (χ4n) is 2.93. The Bertz CT molecular complexity index is 491. The first-order valence-corrected chi connectivity index (χ1v) is 8.61. The Hall–Kier alpha value is -0.980. The van der Waals surface area contributed by atoms with Crippen molar-refractivity contribution in [1.29, 1.82) is 0 Å². The van der Waals surface area contributed by atoms with E-state index in [1.165, 1.54) is 25.9 Å². The molecule has 3 rings (SSSR count). The second-order valence-corrected chi connectivity index (χ2v) is 6.81. The van der Waals surface area contributed by atoms with E-state index in [9.17, 15) is 4.79 Å². The summed E-state index contributed by atoms with van der Waals surface area (Å²) in [5.41, 5.74) is 0.882. The molecule has 0 aliphatic carbocycles. The Balaban J connectivity index is 1.61. The number of carbonyl (C=O) groups is 1. The lowest BCUT2D eigenvalue weighted by Crippen LogP contribution is -2.40. The highest BCUT2D eigenvalue weighted by atomic mass is 32.1. The van der Waals surface area contributed by atoms with Crippen molar-refractivity contribution in [1.82, 2.24) is 14.8 Å². The van der Waals surface area contributed by atoms with Crippen molar-refractivity contribution in [3.05, 3.63) is 15.6 Å². The average molecular weight is 309 g/mol. The van der Waals surface area contributed by atoms with Crippen LogP contribution in [0.25, 0.3) is 0 Å². The molecule has 0 unspecified atom stereocenters. The number of rotatable bonds is 4. The highest BCUT2D eigenvalue weighted by molar-refractivity contribution is 7.13. The van der Waals surface area contributed by atoms with Gasteiger partial charge in [-0.2, -0.15) is 0 Å². The zero-order valence-corrected chi connectivity index (χ0v) is 13.5. The van der Waals surface area contributed by atoms with Crippen LogP contribution in [0.4, 0.5) is 0 Å². The summed E-state index contributed by atoms with van der Waals surface area (Å²) in [6.07, 6.45) is 3.59. The zero-order chi connectivity index (χ0) is 14.7. The molecule has 1 aromatic heterocycles. The van der Waals surface area contributed by atoms with E-state index in [1.54, 1.807) is 11.3 Å². The quantitative estimate of drug-likeness (QED) is 0.847. The summed E-state index contributed by atoms with van der Waals surface area (Å²) >= 11 is 1.57. The lowest BCUT2D eigenvalue weighted by atomic mass is 10.3. The molecule has 0 spiro atoms. The van der Waals surface area contributed by atoms with Crippen LogP contribution in [0.2, 0.25) is 0 Å². The van der Waals surface area contributed by atoms with E-state index in [0.29, 0.717) is 26.3 Å². The van der Waals surface area contributed by atoms with Gasteiger partial charge in [-0.25, -0.2) is 4.98 Å². The number of aryl methyl sites for hydroxylation is 1. The molecule has 1 aromatic rings. The number of carbonyl (C=O) groups excluding carboxylic acids is 1. The number of likely N-dealkylation sites (tertiary alicyclic amines) is 1. The average Bonchev–Trinajstić information content (AvgIpc) is 3.15. The molecule has 6 heteroatoms. The molecule has 0 saturated carbocycles. The van der Waals surface area contributed by atoms with Gasteiger partial charge in [0.15, 0.2) is 0 Å². The summed E-state index contributed by atoms with van der Waals surface area (Å²) in [5, 5.41) is 1.09. The van der Waals surface area contributed by atoms with Gasteiger partial charge >= 0.3 is 0 Å². The van der Waals surface area contributed by atoms with Crippen LogP contribution in [0.5, 0.6) is 0 Å². The molecule has 0 aromatic carbocycles. The predicted molar refractivity (Wildman–Crippen MR) is 83.0 cm³/mol. The molecule has 0 atom stereocenters. The molecule has 1 amide bonds. The van der Waals surface area contributed by atoms with Gasteiger partial charge in [0.2, 0.25) is 0 Å². The van der Waals surface area contributed by atoms with E-state index in [4.69, 9.17) is 4.74 Å². The Kier molecular flexibility index (Phi) is 4.87. The molecule has 2 fully saturated rings. The number of morpholine rings is 1. The third kappa shape index (κ3) is 3.62. The monoisotopic (exact) mass is 309 g/mol. The molecule has 0 bridgehead atoms. The van der Waals surface area contributed by atoms with Crippen LogP contribution in [-0.4, -0.2) is 66.6 Å². The normalized spacial score (nSPS) is 20.1. The molecule has 21 heavy (non-hydrogen) atoms. The van der Waals surface area contributed by atoms with Crippen LogP contribution in [0.15, 0.2) is 0 Å². The van der Waals surface area contributed by atoms with Crippen molar-refractivity contribution >= 4 is 17.2 Å². The number of nitrogens with zero attached hydrogens (tertiary/aromatic N) is 3. The largest absolute Gasteiger partial charge is 0.378 e. The molecular weight excluding hydrogens is 286 g/mol. The zero-order valence-electron chi connectivity index (χ0n) is 12.6. The lowest BCUT2D eigenvalue weighted by molar-refractivity contribution is 0.0305. The Morgan fingerprint density at radius 1 is 1.24 bits per heavy atom. The van der Waals surface area contributed by atoms with Gasteiger partial charge < -0.3 is 14.5 Å². The van der Waals surface area contributed by atoms with Crippen molar-refractivity contribution < 1.29 is 9.53 Å². The molecule has 116 valence electrons. The van der Waals surface area contributed by atoms with Gasteiger partial charge in [-0.15, -0.1) is 11.3 Å². The van der Waals surface area contributed by atoms with E-state index >= 15 is 0 Å². The number of hydrogen-bond acceptors (Lipinski definition) is 5. The smallest absolute Gasteiger partial charge is 0.266 e. The SMILES string of the molecule is Cc1nc(CCN2CCCC2)sc1C(=O)N1CCOCC1. The van der Waals surface area contributed by atoms with Crippen molar-refractivity contribution in [3.63, 3.8) is 0 Å². The third-order valence-electron chi connectivity index (χ3n) is 4.17. The molecule has 2 aliphatic rings. The molecule has 3 heterocycles. The fourth-order valence-corrected chi connectivity index (χ4v) is 3.95. The first kappa shape index (κ1) is 14.9. The van der Waals surface area contributed by atoms with E-state index in [1.807, 2.05) is 11.8 Å². The minimum absolute atomic E-state index is 0.126. The lowest BCUT2D eigenvalue weighted by Gasteiger charge is -2.26. The van der Waals surface area contributed by atoms with E-state index in [-0.39, 0.29) is 5.91 Å². The Morgan fingerprint density at radius 2 is 1.95 bits per heavy atom. The first-order valence-electron chi connectivity index (χ1n) is 7.80. The van der Waals surface area contributed by atoms with E-state index < -0.39 is 0 Å². The number of ether oxygens (including phenoxy) is 1. The summed E-state index contributed by atoms with van der Waals surface area (Å²) in [4.78, 5) is 22.3. The minimum atomic E-state index is 0.126. The van der Waals surface area contributed by atoms with E-state index in [0.717, 1.165) is 28.5 Å². The highest BCUT2D eigenvalue weighted by Crippen LogP contribution is 2.21. The van der Waals surface area contributed by atoms with Crippen LogP contribution < -0.4 is 0 Å². The summed E-state index contributed by atoms with van der Waals surface area (Å²) in [6.45, 7) is 8.12. The van der Waals surface area contributed by atoms with Crippen LogP contribution in [0.1, 0.15) is 33.2 Å². The number of aromatic nitrogens is 1. The standard InChI is InChI=1S/C15H23N3O2S/c1-12-14(15(19)18-8-10-20-11-9-18)21-13(16-12)4-7-17-5-2-3-6-17/h2-11H2,1H3. The van der Waals surface area contributed by atoms with Crippen molar-refractivity contribution in [2.24, 2.45) is 0 Å². The van der Waals surface area contributed by atoms with Gasteiger partial charge in [0.05, 0.1) is 23.9 Å². The van der Waals surface area contributed by atoms with Crippen LogP contribution in [0.3, 0.4) is 0 Å². The summed E-state index contributed by atoms with van der Waals surface area (Å²) < 4.78 is 5.31. The van der Waals surface area contributed by atoms with Crippen LogP contribution >= 0.6 is 11.3 Å². The minimum Gasteiger partial charge on any atom is -0.378 e. The Morgan fingerprint density at radius 3 is 2.67 bits per heavy atom. The van der Waals surface area contributed by atoms with Gasteiger partial charge in [0.25, 0.3) is 5.91 Å². The second-order valence-electron chi connectivity index (χ2n) is 5.73.